The van der Waals surface area contributed by atoms with Gasteiger partial charge in [-0.3, -0.25) is 0 Å². The largest absolute Gasteiger partial charge is 0.480 e. The van der Waals surface area contributed by atoms with Gasteiger partial charge in [0.05, 0.1) is 0 Å². The summed E-state index contributed by atoms with van der Waals surface area (Å²) in [4.78, 5) is 23.6. The molecule has 0 spiro atoms. The first-order valence-electron chi connectivity index (χ1n) is 8.85. The van der Waals surface area contributed by atoms with Crippen molar-refractivity contribution in [2.75, 3.05) is 6.54 Å². The summed E-state index contributed by atoms with van der Waals surface area (Å²) < 4.78 is 5.29. The number of carboxylic acid groups (broad SMARTS) is 1. The smallest absolute Gasteiger partial charge is 0.425 e. The van der Waals surface area contributed by atoms with E-state index in [1.54, 1.807) is 0 Å². The van der Waals surface area contributed by atoms with Crippen LogP contribution in [0.2, 0.25) is 0 Å². The number of hydrazine groups is 1. The molecule has 0 saturated heterocycles. The summed E-state index contributed by atoms with van der Waals surface area (Å²) in [6, 6.07) is 12.9. The Kier molecular flexibility index (Phi) is 5.73. The molecule has 2 aromatic rings. The number of hydrogen-bond acceptors (Lipinski definition) is 5. The highest BCUT2D eigenvalue weighted by Crippen LogP contribution is 2.38. The second kappa shape index (κ2) is 8.20. The Balaban J connectivity index is 1.69. The van der Waals surface area contributed by atoms with Crippen LogP contribution in [0.5, 0.6) is 0 Å². The van der Waals surface area contributed by atoms with Crippen LogP contribution in [0.3, 0.4) is 0 Å². The standard InChI is InChI=1S/C20H23N3O4/c21-10-4-9-18(19(24)25)23(22)20(26)27-12-14-6-3-8-16-15-7-2-1-5-13(15)11-17(14)16/h1-3,5-8,18H,4,9-12,21-22H2,(H,24,25). The van der Waals surface area contributed by atoms with Crippen molar-refractivity contribution in [3.63, 3.8) is 0 Å². The summed E-state index contributed by atoms with van der Waals surface area (Å²) in [5.41, 5.74) is 11.0. The van der Waals surface area contributed by atoms with Crippen LogP contribution in [0.1, 0.15) is 29.5 Å². The third kappa shape index (κ3) is 3.94. The molecule has 1 aliphatic rings. The Bertz CT molecular complexity index is 853. The first-order valence-corrected chi connectivity index (χ1v) is 8.85. The van der Waals surface area contributed by atoms with Gasteiger partial charge in [0.2, 0.25) is 0 Å². The zero-order chi connectivity index (χ0) is 19.4. The fraction of sp³-hybridized carbons (Fsp3) is 0.300. The van der Waals surface area contributed by atoms with E-state index in [1.807, 2.05) is 24.3 Å². The molecule has 0 heterocycles. The molecular weight excluding hydrogens is 346 g/mol. The van der Waals surface area contributed by atoms with Gasteiger partial charge in [0.25, 0.3) is 0 Å². The number of nitrogens with two attached hydrogens (primary N) is 2. The number of carbonyl (C=O) groups is 2. The molecule has 1 unspecified atom stereocenters. The highest BCUT2D eigenvalue weighted by atomic mass is 16.6. The molecule has 5 N–H and O–H groups in total. The molecule has 0 radical (unpaired) electrons. The van der Waals surface area contributed by atoms with Gasteiger partial charge in [0.15, 0.2) is 0 Å². The van der Waals surface area contributed by atoms with Crippen molar-refractivity contribution in [1.29, 1.82) is 0 Å². The third-order valence-corrected chi connectivity index (χ3v) is 4.81. The Morgan fingerprint density at radius 3 is 2.63 bits per heavy atom. The van der Waals surface area contributed by atoms with E-state index < -0.39 is 18.1 Å². The van der Waals surface area contributed by atoms with Gasteiger partial charge < -0.3 is 15.6 Å². The lowest BCUT2D eigenvalue weighted by atomic mass is 10.0. The molecular formula is C20H23N3O4. The highest BCUT2D eigenvalue weighted by Gasteiger charge is 2.28. The number of ether oxygens (including phenoxy) is 1. The molecule has 7 heteroatoms. The van der Waals surface area contributed by atoms with E-state index in [-0.39, 0.29) is 13.0 Å². The quantitative estimate of drug-likeness (QED) is 0.334. The molecule has 2 aromatic carbocycles. The first kappa shape index (κ1) is 18.9. The summed E-state index contributed by atoms with van der Waals surface area (Å²) in [5, 5.41) is 9.90. The van der Waals surface area contributed by atoms with E-state index in [2.05, 4.69) is 18.2 Å². The van der Waals surface area contributed by atoms with E-state index >= 15 is 0 Å². The predicted octanol–water partition coefficient (Wildman–Crippen LogP) is 2.26. The van der Waals surface area contributed by atoms with Gasteiger partial charge in [-0.05, 0) is 53.6 Å². The average Bonchev–Trinajstić information content (AvgIpc) is 3.05. The van der Waals surface area contributed by atoms with E-state index in [1.165, 1.54) is 11.1 Å². The zero-order valence-corrected chi connectivity index (χ0v) is 14.9. The fourth-order valence-corrected chi connectivity index (χ4v) is 3.39. The number of hydrogen-bond donors (Lipinski definition) is 3. The van der Waals surface area contributed by atoms with Crippen LogP contribution in [0.15, 0.2) is 42.5 Å². The number of aliphatic carboxylic acids is 1. The van der Waals surface area contributed by atoms with Crippen molar-refractivity contribution < 1.29 is 19.4 Å². The van der Waals surface area contributed by atoms with Gasteiger partial charge in [-0.15, -0.1) is 0 Å². The molecule has 3 rings (SSSR count). The molecule has 1 atom stereocenters. The van der Waals surface area contributed by atoms with Crippen molar-refractivity contribution in [2.24, 2.45) is 11.6 Å². The minimum atomic E-state index is -1.18. The third-order valence-electron chi connectivity index (χ3n) is 4.81. The Labute approximate surface area is 157 Å². The SMILES string of the molecule is NCCCC(C(=O)O)N(N)C(=O)OCc1cccc2c1Cc1ccccc1-2. The summed E-state index contributed by atoms with van der Waals surface area (Å²) in [6.07, 6.45) is 0.530. The lowest BCUT2D eigenvalue weighted by Crippen LogP contribution is -2.50. The molecule has 7 nitrogen and oxygen atoms in total. The van der Waals surface area contributed by atoms with Crippen LogP contribution in [-0.2, 0) is 22.6 Å². The summed E-state index contributed by atoms with van der Waals surface area (Å²) in [5.74, 6) is 4.50. The van der Waals surface area contributed by atoms with Crippen molar-refractivity contribution in [3.8, 4) is 11.1 Å². The number of carboxylic acids is 1. The van der Waals surface area contributed by atoms with Gasteiger partial charge in [-0.1, -0.05) is 42.5 Å². The van der Waals surface area contributed by atoms with Crippen molar-refractivity contribution >= 4 is 12.1 Å². The topological polar surface area (TPSA) is 119 Å². The molecule has 1 amide bonds. The molecule has 142 valence electrons. The summed E-state index contributed by atoms with van der Waals surface area (Å²) >= 11 is 0. The maximum atomic E-state index is 12.2. The molecule has 0 aromatic heterocycles. The Morgan fingerprint density at radius 1 is 1.15 bits per heavy atom. The number of benzene rings is 2. The minimum Gasteiger partial charge on any atom is -0.480 e. The lowest BCUT2D eigenvalue weighted by Gasteiger charge is -2.23. The monoisotopic (exact) mass is 369 g/mol. The van der Waals surface area contributed by atoms with Crippen molar-refractivity contribution in [1.82, 2.24) is 5.01 Å². The van der Waals surface area contributed by atoms with E-state index in [9.17, 15) is 14.7 Å². The van der Waals surface area contributed by atoms with Gasteiger partial charge in [-0.2, -0.15) is 0 Å². The second-order valence-electron chi connectivity index (χ2n) is 6.52. The van der Waals surface area contributed by atoms with Crippen LogP contribution >= 0.6 is 0 Å². The normalized spacial score (nSPS) is 12.8. The first-order chi connectivity index (χ1) is 13.0. The highest BCUT2D eigenvalue weighted by molar-refractivity contribution is 5.80. The van der Waals surface area contributed by atoms with Crippen LogP contribution in [0.4, 0.5) is 4.79 Å². The number of amides is 1. The van der Waals surface area contributed by atoms with E-state index in [0.29, 0.717) is 18.0 Å². The van der Waals surface area contributed by atoms with Crippen molar-refractivity contribution in [2.45, 2.75) is 31.9 Å². The fourth-order valence-electron chi connectivity index (χ4n) is 3.39. The average molecular weight is 369 g/mol. The number of carbonyl (C=O) groups excluding carboxylic acids is 1. The maximum absolute atomic E-state index is 12.2. The van der Waals surface area contributed by atoms with Crippen LogP contribution in [0.25, 0.3) is 11.1 Å². The van der Waals surface area contributed by atoms with Crippen LogP contribution < -0.4 is 11.6 Å². The second-order valence-corrected chi connectivity index (χ2v) is 6.52. The van der Waals surface area contributed by atoms with Gasteiger partial charge in [0.1, 0.15) is 12.6 Å². The van der Waals surface area contributed by atoms with E-state index in [4.69, 9.17) is 16.3 Å². The number of fused-ring (bicyclic) bond motifs is 3. The number of nitrogens with zero attached hydrogens (tertiary/aromatic N) is 1. The lowest BCUT2D eigenvalue weighted by molar-refractivity contribution is -0.143. The van der Waals surface area contributed by atoms with Gasteiger partial charge in [-0.25, -0.2) is 20.4 Å². The zero-order valence-electron chi connectivity index (χ0n) is 14.9. The molecule has 0 saturated carbocycles. The summed E-state index contributed by atoms with van der Waals surface area (Å²) in [7, 11) is 0. The molecule has 1 aliphatic carbocycles. The molecule has 27 heavy (non-hydrogen) atoms. The Hall–Kier alpha value is -2.90. The maximum Gasteiger partial charge on any atom is 0.425 e. The van der Waals surface area contributed by atoms with E-state index in [0.717, 1.165) is 23.1 Å². The molecule has 0 bridgehead atoms. The minimum absolute atomic E-state index is 0.0346. The van der Waals surface area contributed by atoms with Gasteiger partial charge in [0, 0.05) is 0 Å². The predicted molar refractivity (Wildman–Crippen MR) is 101 cm³/mol. The summed E-state index contributed by atoms with van der Waals surface area (Å²) in [6.45, 7) is 0.357. The molecule has 0 aliphatic heterocycles. The van der Waals surface area contributed by atoms with Crippen LogP contribution in [0, 0.1) is 0 Å². The Morgan fingerprint density at radius 2 is 1.89 bits per heavy atom. The molecule has 0 fully saturated rings. The number of rotatable bonds is 7. The van der Waals surface area contributed by atoms with Crippen LogP contribution in [-0.4, -0.2) is 34.8 Å². The van der Waals surface area contributed by atoms with Gasteiger partial charge >= 0.3 is 12.1 Å². The van der Waals surface area contributed by atoms with Crippen molar-refractivity contribution in [3.05, 3.63) is 59.2 Å².